The molecule has 0 spiro atoms. The van der Waals surface area contributed by atoms with Crippen LogP contribution in [0, 0.1) is 20.8 Å². The molecule has 6 nitrogen and oxygen atoms in total. The van der Waals surface area contributed by atoms with Crippen LogP contribution in [0.1, 0.15) is 43.1 Å². The fraction of sp³-hybridized carbons (Fsp3) is 0.148. The van der Waals surface area contributed by atoms with Crippen molar-refractivity contribution in [3.05, 3.63) is 113 Å². The maximum Gasteiger partial charge on any atom is 0.275 e. The summed E-state index contributed by atoms with van der Waals surface area (Å²) < 4.78 is 1.86. The number of hydrogen-bond donors (Lipinski definition) is 2. The van der Waals surface area contributed by atoms with E-state index in [2.05, 4.69) is 15.6 Å². The Morgan fingerprint density at radius 2 is 1.58 bits per heavy atom. The summed E-state index contributed by atoms with van der Waals surface area (Å²) in [6.07, 6.45) is 3.37. The van der Waals surface area contributed by atoms with Crippen LogP contribution in [-0.2, 0) is 6.54 Å². The lowest BCUT2D eigenvalue weighted by atomic mass is 10.1. The second-order valence-electron chi connectivity index (χ2n) is 8.15. The van der Waals surface area contributed by atoms with Crippen LogP contribution in [0.5, 0.6) is 0 Å². The van der Waals surface area contributed by atoms with Gasteiger partial charge in [-0.1, -0.05) is 36.4 Å². The zero-order chi connectivity index (χ0) is 23.4. The Bertz CT molecular complexity index is 1310. The number of amides is 2. The normalized spacial score (nSPS) is 10.6. The SMILES string of the molecule is Cc1ccc(C(=O)Nc2ccc(Cn3cnc(C(=O)Nc4ccccc4C)c3)cc2)cc1C. The Kier molecular flexibility index (Phi) is 6.36. The molecule has 0 radical (unpaired) electrons. The molecule has 0 saturated heterocycles. The topological polar surface area (TPSA) is 76.0 Å². The number of nitrogens with zero attached hydrogens (tertiary/aromatic N) is 2. The van der Waals surface area contributed by atoms with Crippen LogP contribution in [0.4, 0.5) is 11.4 Å². The van der Waals surface area contributed by atoms with Crippen LogP contribution in [0.3, 0.4) is 0 Å². The molecule has 2 amide bonds. The van der Waals surface area contributed by atoms with Gasteiger partial charge in [0.25, 0.3) is 11.8 Å². The van der Waals surface area contributed by atoms with E-state index < -0.39 is 0 Å². The molecule has 3 aromatic carbocycles. The number of para-hydroxylation sites is 1. The summed E-state index contributed by atoms with van der Waals surface area (Å²) in [6.45, 7) is 6.53. The molecular formula is C27H26N4O2. The number of imidazole rings is 1. The average Bonchev–Trinajstić information content (AvgIpc) is 3.27. The molecule has 0 aliphatic heterocycles. The van der Waals surface area contributed by atoms with Crippen LogP contribution in [0.25, 0.3) is 0 Å². The van der Waals surface area contributed by atoms with Crippen LogP contribution < -0.4 is 10.6 Å². The summed E-state index contributed by atoms with van der Waals surface area (Å²) in [4.78, 5) is 29.3. The van der Waals surface area contributed by atoms with Crippen molar-refractivity contribution < 1.29 is 9.59 Å². The third-order valence-electron chi connectivity index (χ3n) is 5.61. The molecule has 0 aliphatic carbocycles. The Hall–Kier alpha value is -4.19. The van der Waals surface area contributed by atoms with E-state index in [-0.39, 0.29) is 11.8 Å². The Balaban J connectivity index is 1.37. The Labute approximate surface area is 193 Å². The van der Waals surface area contributed by atoms with Gasteiger partial charge >= 0.3 is 0 Å². The number of nitrogens with one attached hydrogen (secondary N) is 2. The fourth-order valence-electron chi connectivity index (χ4n) is 3.45. The molecule has 4 aromatic rings. The highest BCUT2D eigenvalue weighted by Gasteiger charge is 2.11. The predicted molar refractivity (Wildman–Crippen MR) is 131 cm³/mol. The van der Waals surface area contributed by atoms with Gasteiger partial charge in [0, 0.05) is 29.7 Å². The van der Waals surface area contributed by atoms with Gasteiger partial charge in [0.05, 0.1) is 6.33 Å². The molecule has 0 unspecified atom stereocenters. The van der Waals surface area contributed by atoms with E-state index >= 15 is 0 Å². The molecule has 0 bridgehead atoms. The lowest BCUT2D eigenvalue weighted by molar-refractivity contribution is 0.101. The number of aromatic nitrogens is 2. The van der Waals surface area contributed by atoms with E-state index in [1.165, 1.54) is 0 Å². The van der Waals surface area contributed by atoms with Crippen molar-refractivity contribution in [1.29, 1.82) is 0 Å². The number of carbonyl (C=O) groups excluding carboxylic acids is 2. The van der Waals surface area contributed by atoms with Crippen molar-refractivity contribution in [2.75, 3.05) is 10.6 Å². The smallest absolute Gasteiger partial charge is 0.275 e. The van der Waals surface area contributed by atoms with E-state index in [0.29, 0.717) is 17.8 Å². The molecule has 1 heterocycles. The average molecular weight is 439 g/mol. The molecule has 0 atom stereocenters. The van der Waals surface area contributed by atoms with Gasteiger partial charge in [-0.25, -0.2) is 4.98 Å². The third kappa shape index (κ3) is 5.36. The van der Waals surface area contributed by atoms with Gasteiger partial charge in [-0.3, -0.25) is 9.59 Å². The maximum absolute atomic E-state index is 12.5. The zero-order valence-corrected chi connectivity index (χ0v) is 18.9. The number of rotatable bonds is 6. The number of anilines is 2. The van der Waals surface area contributed by atoms with Gasteiger partial charge in [0.1, 0.15) is 5.69 Å². The second kappa shape index (κ2) is 9.53. The lowest BCUT2D eigenvalue weighted by Gasteiger charge is -2.09. The quantitative estimate of drug-likeness (QED) is 0.425. The summed E-state index contributed by atoms with van der Waals surface area (Å²) in [6, 6.07) is 20.9. The molecule has 2 N–H and O–H groups in total. The van der Waals surface area contributed by atoms with Gasteiger partial charge in [0.15, 0.2) is 0 Å². The van der Waals surface area contributed by atoms with Crippen LogP contribution >= 0.6 is 0 Å². The number of hydrogen-bond acceptors (Lipinski definition) is 3. The Morgan fingerprint density at radius 1 is 0.818 bits per heavy atom. The molecule has 0 fully saturated rings. The first kappa shape index (κ1) is 22.0. The Morgan fingerprint density at radius 3 is 2.30 bits per heavy atom. The highest BCUT2D eigenvalue weighted by Crippen LogP contribution is 2.16. The van der Waals surface area contributed by atoms with E-state index in [1.807, 2.05) is 92.1 Å². The van der Waals surface area contributed by atoms with Crippen LogP contribution in [0.15, 0.2) is 79.3 Å². The van der Waals surface area contributed by atoms with Crippen molar-refractivity contribution in [2.45, 2.75) is 27.3 Å². The van der Waals surface area contributed by atoms with Crippen LogP contribution in [-0.4, -0.2) is 21.4 Å². The second-order valence-corrected chi connectivity index (χ2v) is 8.15. The van der Waals surface area contributed by atoms with Gasteiger partial charge < -0.3 is 15.2 Å². The first-order valence-corrected chi connectivity index (χ1v) is 10.8. The van der Waals surface area contributed by atoms with Crippen molar-refractivity contribution in [1.82, 2.24) is 9.55 Å². The van der Waals surface area contributed by atoms with Gasteiger partial charge in [-0.15, -0.1) is 0 Å². The molecule has 0 aliphatic rings. The summed E-state index contributed by atoms with van der Waals surface area (Å²) >= 11 is 0. The van der Waals surface area contributed by atoms with E-state index in [4.69, 9.17) is 0 Å². The van der Waals surface area contributed by atoms with E-state index in [9.17, 15) is 9.59 Å². The zero-order valence-electron chi connectivity index (χ0n) is 18.9. The molecule has 166 valence electrons. The summed E-state index contributed by atoms with van der Waals surface area (Å²) in [7, 11) is 0. The van der Waals surface area contributed by atoms with Crippen LogP contribution in [0.2, 0.25) is 0 Å². The maximum atomic E-state index is 12.5. The molecule has 4 rings (SSSR count). The first-order valence-electron chi connectivity index (χ1n) is 10.8. The largest absolute Gasteiger partial charge is 0.332 e. The van der Waals surface area contributed by atoms with E-state index in [1.54, 1.807) is 12.5 Å². The van der Waals surface area contributed by atoms with Gasteiger partial charge in [-0.05, 0) is 73.4 Å². The van der Waals surface area contributed by atoms with Crippen molar-refractivity contribution in [3.63, 3.8) is 0 Å². The number of benzene rings is 3. The molecule has 1 aromatic heterocycles. The third-order valence-corrected chi connectivity index (χ3v) is 5.61. The monoisotopic (exact) mass is 438 g/mol. The number of aryl methyl sites for hydroxylation is 3. The standard InChI is InChI=1S/C27H26N4O2/c1-18-8-11-22(14-20(18)3)26(32)29-23-12-9-21(10-13-23)15-31-16-25(28-17-31)27(33)30-24-7-5-4-6-19(24)2/h4-14,16-17H,15H2,1-3H3,(H,29,32)(H,30,33). The summed E-state index contributed by atoms with van der Waals surface area (Å²) in [5.41, 5.74) is 6.77. The minimum atomic E-state index is -0.243. The minimum Gasteiger partial charge on any atom is -0.332 e. The molecular weight excluding hydrogens is 412 g/mol. The molecule has 6 heteroatoms. The van der Waals surface area contributed by atoms with Gasteiger partial charge in [0.2, 0.25) is 0 Å². The van der Waals surface area contributed by atoms with Crippen molar-refractivity contribution in [3.8, 4) is 0 Å². The highest BCUT2D eigenvalue weighted by molar-refractivity contribution is 6.04. The summed E-state index contributed by atoms with van der Waals surface area (Å²) in [5.74, 6) is -0.378. The predicted octanol–water partition coefficient (Wildman–Crippen LogP) is 5.36. The minimum absolute atomic E-state index is 0.134. The fourth-order valence-corrected chi connectivity index (χ4v) is 3.45. The number of carbonyl (C=O) groups is 2. The lowest BCUT2D eigenvalue weighted by Crippen LogP contribution is -2.13. The van der Waals surface area contributed by atoms with Crippen molar-refractivity contribution in [2.24, 2.45) is 0 Å². The van der Waals surface area contributed by atoms with E-state index in [0.717, 1.165) is 33.6 Å². The van der Waals surface area contributed by atoms with Crippen molar-refractivity contribution >= 4 is 23.2 Å². The highest BCUT2D eigenvalue weighted by atomic mass is 16.2. The molecule has 33 heavy (non-hydrogen) atoms. The first-order chi connectivity index (χ1) is 15.9. The van der Waals surface area contributed by atoms with Gasteiger partial charge in [-0.2, -0.15) is 0 Å². The molecule has 0 saturated carbocycles. The summed E-state index contributed by atoms with van der Waals surface area (Å²) in [5, 5.41) is 5.83.